The third-order valence-corrected chi connectivity index (χ3v) is 2.85. The molecular formula is C13H28O2. The van der Waals surface area contributed by atoms with Gasteiger partial charge in [-0.15, -0.1) is 0 Å². The predicted molar refractivity (Wildman–Crippen MR) is 65.2 cm³/mol. The van der Waals surface area contributed by atoms with Gasteiger partial charge in [-0.3, -0.25) is 0 Å². The van der Waals surface area contributed by atoms with Crippen molar-refractivity contribution in [2.45, 2.75) is 47.5 Å². The van der Waals surface area contributed by atoms with Crippen molar-refractivity contribution in [1.82, 2.24) is 0 Å². The summed E-state index contributed by atoms with van der Waals surface area (Å²) in [6.07, 6.45) is 2.41. The van der Waals surface area contributed by atoms with Gasteiger partial charge in [-0.1, -0.05) is 27.2 Å². The summed E-state index contributed by atoms with van der Waals surface area (Å²) in [5, 5.41) is 0. The molecule has 0 spiro atoms. The summed E-state index contributed by atoms with van der Waals surface area (Å²) in [5.41, 5.74) is 0.182. The number of hydrogen-bond acceptors (Lipinski definition) is 2. The van der Waals surface area contributed by atoms with Gasteiger partial charge in [0, 0.05) is 18.6 Å². The second-order valence-corrected chi connectivity index (χ2v) is 4.80. The summed E-state index contributed by atoms with van der Waals surface area (Å²) < 4.78 is 11.1. The molecule has 0 heterocycles. The van der Waals surface area contributed by atoms with E-state index in [1.807, 2.05) is 13.8 Å². The highest BCUT2D eigenvalue weighted by atomic mass is 16.5. The first-order valence-corrected chi connectivity index (χ1v) is 6.23. The van der Waals surface area contributed by atoms with Gasteiger partial charge in [-0.2, -0.15) is 0 Å². The third-order valence-electron chi connectivity index (χ3n) is 2.85. The Labute approximate surface area is 95.3 Å². The molecule has 0 bridgehead atoms. The predicted octanol–water partition coefficient (Wildman–Crippen LogP) is 3.50. The van der Waals surface area contributed by atoms with Crippen LogP contribution in [0.25, 0.3) is 0 Å². The lowest BCUT2D eigenvalue weighted by molar-refractivity contribution is -0.0184. The van der Waals surface area contributed by atoms with Crippen molar-refractivity contribution < 1.29 is 9.47 Å². The quantitative estimate of drug-likeness (QED) is 0.587. The Kier molecular flexibility index (Phi) is 8.07. The SMILES string of the molecule is CCOCC(C)(COCC)CC(C)CC. The molecule has 0 aromatic rings. The Hall–Kier alpha value is -0.0800. The van der Waals surface area contributed by atoms with Crippen LogP contribution < -0.4 is 0 Å². The molecule has 0 saturated heterocycles. The van der Waals surface area contributed by atoms with E-state index >= 15 is 0 Å². The molecule has 0 rings (SSSR count). The van der Waals surface area contributed by atoms with Gasteiger partial charge in [0.05, 0.1) is 13.2 Å². The first-order chi connectivity index (χ1) is 7.08. The molecule has 0 radical (unpaired) electrons. The van der Waals surface area contributed by atoms with E-state index in [9.17, 15) is 0 Å². The lowest BCUT2D eigenvalue weighted by Crippen LogP contribution is -2.31. The number of hydrogen-bond donors (Lipinski definition) is 0. The van der Waals surface area contributed by atoms with Crippen molar-refractivity contribution in [3.63, 3.8) is 0 Å². The van der Waals surface area contributed by atoms with E-state index in [0.717, 1.165) is 32.3 Å². The molecule has 15 heavy (non-hydrogen) atoms. The maximum atomic E-state index is 5.56. The topological polar surface area (TPSA) is 18.5 Å². The third kappa shape index (κ3) is 6.91. The first kappa shape index (κ1) is 14.9. The number of rotatable bonds is 9. The monoisotopic (exact) mass is 216 g/mol. The fourth-order valence-corrected chi connectivity index (χ4v) is 1.84. The lowest BCUT2D eigenvalue weighted by Gasteiger charge is -2.31. The van der Waals surface area contributed by atoms with Gasteiger partial charge < -0.3 is 9.47 Å². The summed E-state index contributed by atoms with van der Waals surface area (Å²) in [7, 11) is 0. The van der Waals surface area contributed by atoms with Crippen molar-refractivity contribution >= 4 is 0 Å². The van der Waals surface area contributed by atoms with Crippen LogP contribution in [0, 0.1) is 11.3 Å². The molecule has 1 atom stereocenters. The Morgan fingerprint density at radius 3 is 1.80 bits per heavy atom. The van der Waals surface area contributed by atoms with Crippen LogP contribution in [0.15, 0.2) is 0 Å². The second-order valence-electron chi connectivity index (χ2n) is 4.80. The molecule has 0 saturated carbocycles. The van der Waals surface area contributed by atoms with Crippen molar-refractivity contribution in [2.75, 3.05) is 26.4 Å². The van der Waals surface area contributed by atoms with Gasteiger partial charge in [0.15, 0.2) is 0 Å². The van der Waals surface area contributed by atoms with Crippen LogP contribution in [0.4, 0.5) is 0 Å². The van der Waals surface area contributed by atoms with Gasteiger partial charge in [0.25, 0.3) is 0 Å². The van der Waals surface area contributed by atoms with Crippen molar-refractivity contribution in [3.05, 3.63) is 0 Å². The van der Waals surface area contributed by atoms with E-state index in [2.05, 4.69) is 20.8 Å². The minimum atomic E-state index is 0.182. The average Bonchev–Trinajstić information content (AvgIpc) is 2.23. The van der Waals surface area contributed by atoms with Crippen LogP contribution in [0.5, 0.6) is 0 Å². The lowest BCUT2D eigenvalue weighted by atomic mass is 9.82. The van der Waals surface area contributed by atoms with Crippen LogP contribution in [0.2, 0.25) is 0 Å². The Balaban J connectivity index is 4.12. The second kappa shape index (κ2) is 8.12. The molecule has 2 heteroatoms. The molecule has 0 amide bonds. The van der Waals surface area contributed by atoms with E-state index in [4.69, 9.17) is 9.47 Å². The van der Waals surface area contributed by atoms with Crippen LogP contribution in [0.3, 0.4) is 0 Å². The highest BCUT2D eigenvalue weighted by Gasteiger charge is 2.26. The summed E-state index contributed by atoms with van der Waals surface area (Å²) in [4.78, 5) is 0. The Morgan fingerprint density at radius 2 is 1.47 bits per heavy atom. The van der Waals surface area contributed by atoms with Crippen LogP contribution in [-0.4, -0.2) is 26.4 Å². The molecule has 0 N–H and O–H groups in total. The zero-order valence-electron chi connectivity index (χ0n) is 11.1. The zero-order chi connectivity index (χ0) is 11.7. The van der Waals surface area contributed by atoms with E-state index in [0.29, 0.717) is 0 Å². The summed E-state index contributed by atoms with van der Waals surface area (Å²) >= 11 is 0. The highest BCUT2D eigenvalue weighted by molar-refractivity contribution is 4.76. The van der Waals surface area contributed by atoms with Gasteiger partial charge in [0.2, 0.25) is 0 Å². The highest BCUT2D eigenvalue weighted by Crippen LogP contribution is 2.28. The van der Waals surface area contributed by atoms with E-state index < -0.39 is 0 Å². The van der Waals surface area contributed by atoms with Gasteiger partial charge in [0.1, 0.15) is 0 Å². The maximum absolute atomic E-state index is 5.56. The molecular weight excluding hydrogens is 188 g/mol. The molecule has 0 aromatic carbocycles. The molecule has 0 aliphatic rings. The molecule has 0 fully saturated rings. The summed E-state index contributed by atoms with van der Waals surface area (Å²) in [5.74, 6) is 0.746. The smallest absolute Gasteiger partial charge is 0.0541 e. The van der Waals surface area contributed by atoms with E-state index in [1.165, 1.54) is 12.8 Å². The average molecular weight is 216 g/mol. The largest absolute Gasteiger partial charge is 0.381 e. The Bertz CT molecular complexity index is 137. The molecule has 0 aliphatic heterocycles. The minimum absolute atomic E-state index is 0.182. The van der Waals surface area contributed by atoms with Crippen LogP contribution in [-0.2, 0) is 9.47 Å². The molecule has 1 unspecified atom stereocenters. The van der Waals surface area contributed by atoms with Gasteiger partial charge in [-0.25, -0.2) is 0 Å². The fraction of sp³-hybridized carbons (Fsp3) is 1.00. The fourth-order valence-electron chi connectivity index (χ4n) is 1.84. The van der Waals surface area contributed by atoms with Crippen LogP contribution >= 0.6 is 0 Å². The number of ether oxygens (including phenoxy) is 2. The van der Waals surface area contributed by atoms with Crippen molar-refractivity contribution in [2.24, 2.45) is 11.3 Å². The maximum Gasteiger partial charge on any atom is 0.0541 e. The zero-order valence-corrected chi connectivity index (χ0v) is 11.1. The summed E-state index contributed by atoms with van der Waals surface area (Å²) in [6.45, 7) is 14.1. The van der Waals surface area contributed by atoms with E-state index in [1.54, 1.807) is 0 Å². The Morgan fingerprint density at radius 1 is 1.00 bits per heavy atom. The van der Waals surface area contributed by atoms with Gasteiger partial charge >= 0.3 is 0 Å². The molecule has 0 aromatic heterocycles. The normalized spacial score (nSPS) is 14.2. The van der Waals surface area contributed by atoms with Crippen molar-refractivity contribution in [3.8, 4) is 0 Å². The molecule has 92 valence electrons. The van der Waals surface area contributed by atoms with Crippen molar-refractivity contribution in [1.29, 1.82) is 0 Å². The standard InChI is InChI=1S/C13H28O2/c1-6-12(4)9-13(5,10-14-7-2)11-15-8-3/h12H,6-11H2,1-5H3. The minimum Gasteiger partial charge on any atom is -0.381 e. The molecule has 0 aliphatic carbocycles. The van der Waals surface area contributed by atoms with Crippen LogP contribution in [0.1, 0.15) is 47.5 Å². The first-order valence-electron chi connectivity index (χ1n) is 6.23. The summed E-state index contributed by atoms with van der Waals surface area (Å²) in [6, 6.07) is 0. The van der Waals surface area contributed by atoms with E-state index in [-0.39, 0.29) is 5.41 Å². The molecule has 2 nitrogen and oxygen atoms in total. The van der Waals surface area contributed by atoms with Gasteiger partial charge in [-0.05, 0) is 26.2 Å².